The molecule has 0 amide bonds. The van der Waals surface area contributed by atoms with Crippen LogP contribution in [0, 0.1) is 20.2 Å². The molecule has 0 fully saturated rings. The van der Waals surface area contributed by atoms with Crippen LogP contribution in [0.4, 0.5) is 11.4 Å². The van der Waals surface area contributed by atoms with Crippen LogP contribution in [0.1, 0.15) is 12.5 Å². The maximum atomic E-state index is 11.1. The van der Waals surface area contributed by atoms with E-state index in [0.29, 0.717) is 0 Å². The number of hydrogen-bond acceptors (Lipinski definition) is 6. The average Bonchev–Trinajstić information content (AvgIpc) is 2.35. The Morgan fingerprint density at radius 2 is 1.84 bits per heavy atom. The SMILES string of the molecule is C=C(C)C(=O)OCc1ccc([N+](=O)[O-])c([N+](=O)[O-])c1. The van der Waals surface area contributed by atoms with Gasteiger partial charge in [0.15, 0.2) is 0 Å². The van der Waals surface area contributed by atoms with E-state index in [0.717, 1.165) is 12.1 Å². The van der Waals surface area contributed by atoms with E-state index in [1.54, 1.807) is 0 Å². The molecule has 0 radical (unpaired) electrons. The average molecular weight is 266 g/mol. The van der Waals surface area contributed by atoms with Gasteiger partial charge in [-0.25, -0.2) is 4.79 Å². The fraction of sp³-hybridized carbons (Fsp3) is 0.182. The van der Waals surface area contributed by atoms with Crippen LogP contribution in [-0.2, 0) is 16.1 Å². The summed E-state index contributed by atoms with van der Waals surface area (Å²) in [6.45, 7) is 4.62. The molecular weight excluding hydrogens is 256 g/mol. The minimum Gasteiger partial charge on any atom is -0.457 e. The van der Waals surface area contributed by atoms with E-state index < -0.39 is 27.2 Å². The van der Waals surface area contributed by atoms with Crippen LogP contribution in [0.15, 0.2) is 30.4 Å². The van der Waals surface area contributed by atoms with Crippen LogP contribution in [0.25, 0.3) is 0 Å². The zero-order valence-electron chi connectivity index (χ0n) is 9.99. The van der Waals surface area contributed by atoms with Gasteiger partial charge >= 0.3 is 17.3 Å². The van der Waals surface area contributed by atoms with Crippen molar-refractivity contribution in [2.24, 2.45) is 0 Å². The normalized spacial score (nSPS) is 9.74. The van der Waals surface area contributed by atoms with Crippen LogP contribution in [0.3, 0.4) is 0 Å². The van der Waals surface area contributed by atoms with E-state index >= 15 is 0 Å². The summed E-state index contributed by atoms with van der Waals surface area (Å²) >= 11 is 0. The first-order valence-electron chi connectivity index (χ1n) is 5.07. The van der Waals surface area contributed by atoms with E-state index in [4.69, 9.17) is 4.74 Å². The highest BCUT2D eigenvalue weighted by atomic mass is 16.6. The molecule has 0 unspecified atom stereocenters. The molecule has 100 valence electrons. The molecular formula is C11H10N2O6. The number of rotatable bonds is 5. The minimum atomic E-state index is -0.859. The molecule has 0 saturated carbocycles. The number of carbonyl (C=O) groups is 1. The molecule has 0 aromatic heterocycles. The number of carbonyl (C=O) groups excluding carboxylic acids is 1. The lowest BCUT2D eigenvalue weighted by Gasteiger charge is -2.04. The molecule has 0 aliphatic heterocycles. The monoisotopic (exact) mass is 266 g/mol. The fourth-order valence-corrected chi connectivity index (χ4v) is 1.23. The Kier molecular flexibility index (Phi) is 4.30. The predicted octanol–water partition coefficient (Wildman–Crippen LogP) is 2.12. The number of nitro groups is 2. The summed E-state index contributed by atoms with van der Waals surface area (Å²) in [5.74, 6) is -0.638. The number of nitro benzene ring substituents is 2. The maximum absolute atomic E-state index is 11.1. The summed E-state index contributed by atoms with van der Waals surface area (Å²) in [6, 6.07) is 3.29. The fourth-order valence-electron chi connectivity index (χ4n) is 1.23. The molecule has 0 saturated heterocycles. The number of ether oxygens (including phenoxy) is 1. The molecule has 0 bridgehead atoms. The van der Waals surface area contributed by atoms with Gasteiger partial charge in [-0.1, -0.05) is 6.58 Å². The highest BCUT2D eigenvalue weighted by Gasteiger charge is 2.24. The first kappa shape index (κ1) is 14.3. The third-order valence-corrected chi connectivity index (χ3v) is 2.15. The third kappa shape index (κ3) is 3.60. The van der Waals surface area contributed by atoms with Gasteiger partial charge in [-0.05, 0) is 18.6 Å². The van der Waals surface area contributed by atoms with Crippen LogP contribution in [0.2, 0.25) is 0 Å². The summed E-state index contributed by atoms with van der Waals surface area (Å²) in [6.07, 6.45) is 0. The number of benzene rings is 1. The Bertz CT molecular complexity index is 566. The van der Waals surface area contributed by atoms with Gasteiger partial charge < -0.3 is 4.74 Å². The molecule has 1 rings (SSSR count). The van der Waals surface area contributed by atoms with Crippen molar-refractivity contribution in [3.8, 4) is 0 Å². The Hall–Kier alpha value is -2.77. The summed E-state index contributed by atoms with van der Waals surface area (Å²) in [7, 11) is 0. The molecule has 0 aliphatic rings. The molecule has 8 heteroatoms. The van der Waals surface area contributed by atoms with Crippen molar-refractivity contribution < 1.29 is 19.4 Å². The molecule has 0 spiro atoms. The molecule has 1 aromatic rings. The van der Waals surface area contributed by atoms with E-state index in [1.807, 2.05) is 0 Å². The van der Waals surface area contributed by atoms with E-state index in [2.05, 4.69) is 6.58 Å². The van der Waals surface area contributed by atoms with Gasteiger partial charge in [0.05, 0.1) is 9.85 Å². The van der Waals surface area contributed by atoms with Crippen molar-refractivity contribution in [3.05, 3.63) is 56.1 Å². The Balaban J connectivity index is 2.96. The lowest BCUT2D eigenvalue weighted by molar-refractivity contribution is -0.422. The van der Waals surface area contributed by atoms with E-state index in [1.165, 1.54) is 13.0 Å². The van der Waals surface area contributed by atoms with E-state index in [9.17, 15) is 25.0 Å². The lowest BCUT2D eigenvalue weighted by Crippen LogP contribution is -2.05. The summed E-state index contributed by atoms with van der Waals surface area (Å²) in [4.78, 5) is 30.7. The summed E-state index contributed by atoms with van der Waals surface area (Å²) in [5, 5.41) is 21.3. The van der Waals surface area contributed by atoms with Crippen molar-refractivity contribution >= 4 is 17.3 Å². The van der Waals surface area contributed by atoms with Gasteiger partial charge in [0.25, 0.3) is 0 Å². The van der Waals surface area contributed by atoms with Gasteiger partial charge in [-0.2, -0.15) is 0 Å². The second-order valence-corrected chi connectivity index (χ2v) is 3.69. The number of hydrogen-bond donors (Lipinski definition) is 0. The van der Waals surface area contributed by atoms with Crippen molar-refractivity contribution in [1.29, 1.82) is 0 Å². The second-order valence-electron chi connectivity index (χ2n) is 3.69. The molecule has 0 heterocycles. The first-order valence-corrected chi connectivity index (χ1v) is 5.07. The summed E-state index contributed by atoms with van der Waals surface area (Å²) < 4.78 is 4.79. The maximum Gasteiger partial charge on any atom is 0.346 e. The van der Waals surface area contributed by atoms with Gasteiger partial charge in [0.1, 0.15) is 6.61 Å². The highest BCUT2D eigenvalue weighted by molar-refractivity contribution is 5.86. The topological polar surface area (TPSA) is 113 Å². The lowest BCUT2D eigenvalue weighted by atomic mass is 10.2. The summed E-state index contributed by atoms with van der Waals surface area (Å²) in [5.41, 5.74) is -0.780. The van der Waals surface area contributed by atoms with Gasteiger partial charge in [-0.3, -0.25) is 20.2 Å². The van der Waals surface area contributed by atoms with Crippen LogP contribution < -0.4 is 0 Å². The number of nitrogens with zero attached hydrogens (tertiary/aromatic N) is 2. The van der Waals surface area contributed by atoms with Crippen molar-refractivity contribution in [2.45, 2.75) is 13.5 Å². The second kappa shape index (κ2) is 5.71. The predicted molar refractivity (Wildman–Crippen MR) is 64.4 cm³/mol. The van der Waals surface area contributed by atoms with Crippen molar-refractivity contribution in [1.82, 2.24) is 0 Å². The van der Waals surface area contributed by atoms with Crippen LogP contribution in [-0.4, -0.2) is 15.8 Å². The molecule has 19 heavy (non-hydrogen) atoms. The van der Waals surface area contributed by atoms with Crippen LogP contribution >= 0.6 is 0 Å². The highest BCUT2D eigenvalue weighted by Crippen LogP contribution is 2.27. The Morgan fingerprint density at radius 3 is 2.32 bits per heavy atom. The molecule has 0 atom stereocenters. The van der Waals surface area contributed by atoms with Gasteiger partial charge in [0, 0.05) is 17.7 Å². The van der Waals surface area contributed by atoms with Gasteiger partial charge in [0.2, 0.25) is 0 Å². The van der Waals surface area contributed by atoms with Crippen molar-refractivity contribution in [2.75, 3.05) is 0 Å². The van der Waals surface area contributed by atoms with Crippen LogP contribution in [0.5, 0.6) is 0 Å². The van der Waals surface area contributed by atoms with Gasteiger partial charge in [-0.15, -0.1) is 0 Å². The Morgan fingerprint density at radius 1 is 1.26 bits per heavy atom. The Labute approximate surface area is 107 Å². The smallest absolute Gasteiger partial charge is 0.346 e. The first-order chi connectivity index (χ1) is 8.82. The third-order valence-electron chi connectivity index (χ3n) is 2.15. The van der Waals surface area contributed by atoms with E-state index in [-0.39, 0.29) is 17.7 Å². The molecule has 1 aromatic carbocycles. The molecule has 8 nitrogen and oxygen atoms in total. The molecule has 0 aliphatic carbocycles. The zero-order valence-corrected chi connectivity index (χ0v) is 9.99. The number of esters is 1. The van der Waals surface area contributed by atoms with Crippen molar-refractivity contribution in [3.63, 3.8) is 0 Å². The minimum absolute atomic E-state index is 0.191. The largest absolute Gasteiger partial charge is 0.457 e. The molecule has 0 N–H and O–H groups in total. The quantitative estimate of drug-likeness (QED) is 0.349. The standard InChI is InChI=1S/C11H10N2O6/c1-7(2)11(14)19-6-8-3-4-9(12(15)16)10(5-8)13(17)18/h3-5H,1,6H2,2H3. The zero-order chi connectivity index (χ0) is 14.6.